The van der Waals surface area contributed by atoms with Gasteiger partial charge in [-0.15, -0.1) is 11.3 Å². The molecule has 9 aromatic heterocycles. The van der Waals surface area contributed by atoms with Crippen LogP contribution in [0.4, 0.5) is 0 Å². The third-order valence-corrected chi connectivity index (χ3v) is 27.5. The number of aromatic nitrogens is 11. The van der Waals surface area contributed by atoms with Gasteiger partial charge in [-0.05, 0) is 170 Å². The summed E-state index contributed by atoms with van der Waals surface area (Å²) in [6.07, 6.45) is 0. The van der Waals surface area contributed by atoms with Crippen LogP contribution in [0.15, 0.2) is 484 Å². The van der Waals surface area contributed by atoms with Gasteiger partial charge in [-0.3, -0.25) is 0 Å². The number of fused-ring (bicyclic) bond motifs is 19. The van der Waals surface area contributed by atoms with Gasteiger partial charge in [-0.1, -0.05) is 317 Å². The summed E-state index contributed by atoms with van der Waals surface area (Å²) in [6.45, 7) is 0. The number of thiophene rings is 1. The third-order valence-electron chi connectivity index (χ3n) is 26.4. The average molecular weight is 1800 g/mol. The third kappa shape index (κ3) is 14.8. The van der Waals surface area contributed by atoms with Crippen molar-refractivity contribution in [2.24, 2.45) is 0 Å². The fraction of sp³-hybridized carbons (Fsp3) is 0.00794. The first-order valence-electron chi connectivity index (χ1n) is 46.3. The molecule has 0 atom stereocenters. The average Bonchev–Trinajstić information content (AvgIpc) is 1.56. The van der Waals surface area contributed by atoms with Gasteiger partial charge in [-0.25, -0.2) is 34.9 Å². The van der Waals surface area contributed by atoms with Gasteiger partial charge in [0.15, 0.2) is 29.1 Å². The van der Waals surface area contributed by atoms with E-state index in [0.717, 1.165) is 139 Å². The summed E-state index contributed by atoms with van der Waals surface area (Å²) < 4.78 is 18.5. The molecular weight excluding hydrogens is 1720 g/mol. The summed E-state index contributed by atoms with van der Waals surface area (Å²) in [5.74, 6) is 3.35. The van der Waals surface area contributed by atoms with E-state index in [1.54, 1.807) is 0 Å². The topological polar surface area (TPSA) is 123 Å². The molecule has 19 aromatic carbocycles. The Labute approximate surface area is 803 Å². The Morgan fingerprint density at radius 1 is 0.173 bits per heavy atom. The highest BCUT2D eigenvalue weighted by Gasteiger charge is 2.25. The van der Waals surface area contributed by atoms with Gasteiger partial charge in [0.25, 0.3) is 0 Å². The van der Waals surface area contributed by atoms with Crippen molar-refractivity contribution in [1.29, 1.82) is 0 Å². The lowest BCUT2D eigenvalue weighted by Crippen LogP contribution is -2.00. The Balaban J connectivity index is 0.000000110. The van der Waals surface area contributed by atoms with Crippen LogP contribution in [0.2, 0.25) is 0 Å². The van der Waals surface area contributed by atoms with Crippen molar-refractivity contribution in [2.75, 3.05) is 0 Å². The lowest BCUT2D eigenvalue weighted by atomic mass is 10.1. The summed E-state index contributed by atoms with van der Waals surface area (Å²) >= 11 is 1.86. The summed E-state index contributed by atoms with van der Waals surface area (Å²) in [7, 11) is 0. The maximum absolute atomic E-state index is 6.46. The molecule has 0 amide bonds. The molecule has 13 heteroatoms. The predicted molar refractivity (Wildman–Crippen MR) is 577 cm³/mol. The highest BCUT2D eigenvalue weighted by Crippen LogP contribution is 2.46. The lowest BCUT2D eigenvalue weighted by Gasteiger charge is -2.12. The molecule has 9 heterocycles. The molecule has 654 valence electrons. The quantitative estimate of drug-likeness (QED) is 0.112. The lowest BCUT2D eigenvalue weighted by molar-refractivity contribution is 0.673. The minimum atomic E-state index is 0. The minimum Gasteiger partial charge on any atom is -0.455 e. The van der Waals surface area contributed by atoms with Gasteiger partial charge in [-0.2, -0.15) is 0 Å². The van der Waals surface area contributed by atoms with E-state index in [0.29, 0.717) is 29.1 Å². The van der Waals surface area contributed by atoms with Crippen LogP contribution in [0.5, 0.6) is 0 Å². The molecule has 0 bridgehead atoms. The Hall–Kier alpha value is -18.4. The first kappa shape index (κ1) is 82.5. The molecule has 0 aliphatic carbocycles. The number of hydrogen-bond acceptors (Lipinski definition) is 9. The zero-order chi connectivity index (χ0) is 91.1. The molecule has 139 heavy (non-hydrogen) atoms. The van der Waals surface area contributed by atoms with E-state index in [4.69, 9.17) is 39.3 Å². The van der Waals surface area contributed by atoms with E-state index >= 15 is 0 Å². The van der Waals surface area contributed by atoms with Gasteiger partial charge in [0, 0.05) is 141 Å². The SMILES string of the molecule is C.c1ccc(-c2cc(-c3ccccc3)nc(-c3ccc(-n4c5ccccc5c5cc6c(cc54)sc4ccccc46)cc3)n2)cc1.c1ccc(-c2cc(-c3ccccc3)nc(-c3ccc(-n4c5ccccc5c5cc6c7ccccc7n(-c7ccccc7)c6cc54)cc3)n2)cc1.c1ccc(-c2nc(-c3ccccc3)nc(-c3ccc(-n4c5ccccc5c5c6oc7ccccc7c6ccc54)cc3)n2)cc1. The molecule has 12 nitrogen and oxygen atoms in total. The second-order valence-corrected chi connectivity index (χ2v) is 35.7. The zero-order valence-electron chi connectivity index (χ0n) is 74.3. The van der Waals surface area contributed by atoms with Crippen LogP contribution in [0.25, 0.3) is 254 Å². The minimum absolute atomic E-state index is 0. The van der Waals surface area contributed by atoms with Gasteiger partial charge in [0.05, 0.1) is 72.3 Å². The van der Waals surface area contributed by atoms with Gasteiger partial charge >= 0.3 is 0 Å². The maximum Gasteiger partial charge on any atom is 0.164 e. The largest absolute Gasteiger partial charge is 0.455 e. The number of rotatable bonds is 13. The molecule has 28 aromatic rings. The Morgan fingerprint density at radius 3 is 0.878 bits per heavy atom. The van der Waals surface area contributed by atoms with Crippen molar-refractivity contribution in [3.8, 4) is 125 Å². The maximum atomic E-state index is 6.46. The fourth-order valence-corrected chi connectivity index (χ4v) is 21.1. The smallest absolute Gasteiger partial charge is 0.164 e. The van der Waals surface area contributed by atoms with Crippen molar-refractivity contribution < 1.29 is 4.42 Å². The van der Waals surface area contributed by atoms with E-state index < -0.39 is 0 Å². The van der Waals surface area contributed by atoms with Crippen LogP contribution >= 0.6 is 11.3 Å². The first-order chi connectivity index (χ1) is 68.4. The van der Waals surface area contributed by atoms with Crippen molar-refractivity contribution in [1.82, 2.24) is 53.2 Å². The normalized spacial score (nSPS) is 11.5. The Kier molecular flexibility index (Phi) is 20.7. The van der Waals surface area contributed by atoms with Crippen molar-refractivity contribution in [3.05, 3.63) is 479 Å². The molecule has 0 unspecified atom stereocenters. The van der Waals surface area contributed by atoms with Crippen molar-refractivity contribution >= 4 is 141 Å². The zero-order valence-corrected chi connectivity index (χ0v) is 75.2. The van der Waals surface area contributed by atoms with Crippen molar-refractivity contribution in [3.63, 3.8) is 0 Å². The fourth-order valence-electron chi connectivity index (χ4n) is 19.9. The summed E-state index contributed by atoms with van der Waals surface area (Å²) in [6, 6.07) is 167. The van der Waals surface area contributed by atoms with Crippen LogP contribution in [-0.2, 0) is 0 Å². The number of hydrogen-bond donors (Lipinski definition) is 0. The number of nitrogens with zero attached hydrogens (tertiary/aromatic N) is 11. The molecule has 0 radical (unpaired) electrons. The Morgan fingerprint density at radius 2 is 0.468 bits per heavy atom. The van der Waals surface area contributed by atoms with E-state index in [1.807, 2.05) is 157 Å². The first-order valence-corrected chi connectivity index (χ1v) is 47.1. The molecule has 0 aliphatic rings. The van der Waals surface area contributed by atoms with Crippen LogP contribution in [0, 0.1) is 0 Å². The number of para-hydroxylation sites is 6. The van der Waals surface area contributed by atoms with Crippen LogP contribution in [0.1, 0.15) is 7.43 Å². The molecule has 0 aliphatic heterocycles. The summed E-state index contributed by atoms with van der Waals surface area (Å²) in [5.41, 5.74) is 28.3. The van der Waals surface area contributed by atoms with Crippen LogP contribution in [-0.4, -0.2) is 53.2 Å². The van der Waals surface area contributed by atoms with E-state index in [-0.39, 0.29) is 7.43 Å². The van der Waals surface area contributed by atoms with Crippen LogP contribution < -0.4 is 0 Å². The molecule has 0 saturated carbocycles. The molecular formula is C126H83N11OS. The van der Waals surface area contributed by atoms with E-state index in [1.165, 1.54) is 85.6 Å². The highest BCUT2D eigenvalue weighted by atomic mass is 32.1. The molecule has 28 rings (SSSR count). The van der Waals surface area contributed by atoms with E-state index in [9.17, 15) is 0 Å². The summed E-state index contributed by atoms with van der Waals surface area (Å²) in [4.78, 5) is 34.8. The van der Waals surface area contributed by atoms with E-state index in [2.05, 4.69) is 352 Å². The van der Waals surface area contributed by atoms with Gasteiger partial charge in [0.1, 0.15) is 11.2 Å². The number of furan rings is 1. The molecule has 0 fully saturated rings. The van der Waals surface area contributed by atoms with Gasteiger partial charge < -0.3 is 22.7 Å². The number of benzene rings is 19. The molecule has 0 saturated heterocycles. The monoisotopic (exact) mass is 1800 g/mol. The van der Waals surface area contributed by atoms with Gasteiger partial charge in [0.2, 0.25) is 0 Å². The second-order valence-electron chi connectivity index (χ2n) is 34.6. The van der Waals surface area contributed by atoms with Crippen LogP contribution in [0.3, 0.4) is 0 Å². The highest BCUT2D eigenvalue weighted by molar-refractivity contribution is 7.25. The van der Waals surface area contributed by atoms with Crippen molar-refractivity contribution in [2.45, 2.75) is 7.43 Å². The molecule has 0 spiro atoms. The standard InChI is InChI=1S/C46H30N4.C40H25N3S.C39H24N4O.CH4/c1-4-14-31(15-5-1)40-29-41(32-16-6-2-7-17-32)48-46(47-40)33-24-26-35(27-25-33)50-43-23-13-11-21-37(43)39-28-38-36-20-10-12-22-42(36)49(44(38)30-45(39)50)34-18-8-3-9-19-34;1-3-11-26(12-4-1)34-24-35(27-13-5-2-6-14-27)42-40(41-34)28-19-21-29(22-20-28)43-36-17-9-7-15-30(36)32-23-33-31-16-8-10-18-38(31)44-39(33)25-37(32)43;1-3-11-25(12-4-1)37-40-38(26-13-5-2-6-14-26)42-39(41-37)27-19-21-28(22-20-27)43-32-17-9-7-16-31(32)35-33(43)24-23-30-29-15-8-10-18-34(29)44-36(30)35;/h1-30H;1-25H;1-24H;1H4. The second kappa shape index (κ2) is 34.9. The molecule has 0 N–H and O–H groups in total. The Bertz CT molecular complexity index is 9180. The summed E-state index contributed by atoms with van der Waals surface area (Å²) in [5, 5.41) is 14.7. The predicted octanol–water partition coefficient (Wildman–Crippen LogP) is 33.1.